The van der Waals surface area contributed by atoms with Crippen molar-refractivity contribution in [3.63, 3.8) is 0 Å². The summed E-state index contributed by atoms with van der Waals surface area (Å²) in [5.74, 6) is 0.712. The van der Waals surface area contributed by atoms with Crippen LogP contribution in [0.4, 0.5) is 5.69 Å². The maximum absolute atomic E-state index is 12.9. The summed E-state index contributed by atoms with van der Waals surface area (Å²) < 4.78 is 10.7. The summed E-state index contributed by atoms with van der Waals surface area (Å²) in [7, 11) is 1.63. The number of anilines is 1. The van der Waals surface area contributed by atoms with Gasteiger partial charge >= 0.3 is 5.97 Å². The van der Waals surface area contributed by atoms with E-state index < -0.39 is 5.97 Å². The minimum atomic E-state index is -0.497. The molecule has 0 fully saturated rings. The molecule has 0 bridgehead atoms. The molecule has 2 aromatic carbocycles. The number of carbonyl (C=O) groups excluding carboxylic acids is 2. The number of fused-ring (bicyclic) bond motifs is 1. The molecular formula is C24H24N2O4S2. The lowest BCUT2D eigenvalue weighted by Crippen LogP contribution is -2.38. The molecule has 0 aliphatic carbocycles. The molecule has 4 rings (SSSR count). The van der Waals surface area contributed by atoms with Crippen LogP contribution >= 0.6 is 23.1 Å². The largest absolute Gasteiger partial charge is 0.497 e. The number of ether oxygens (including phenoxy) is 2. The quantitative estimate of drug-likeness (QED) is 0.363. The molecular weight excluding hydrogens is 444 g/mol. The zero-order chi connectivity index (χ0) is 22.5. The first-order valence-corrected chi connectivity index (χ1v) is 12.2. The van der Waals surface area contributed by atoms with Gasteiger partial charge in [-0.05, 0) is 55.7 Å². The molecule has 3 aromatic rings. The lowest BCUT2D eigenvalue weighted by Gasteiger charge is -2.29. The third-order valence-corrected chi connectivity index (χ3v) is 7.11. The van der Waals surface area contributed by atoms with Crippen molar-refractivity contribution in [2.75, 3.05) is 25.2 Å². The van der Waals surface area contributed by atoms with E-state index in [0.29, 0.717) is 17.9 Å². The lowest BCUT2D eigenvalue weighted by molar-refractivity contribution is -0.121. The third-order valence-electron chi connectivity index (χ3n) is 5.18. The number of thioether (sulfide) groups is 1. The van der Waals surface area contributed by atoms with E-state index in [-0.39, 0.29) is 12.5 Å². The van der Waals surface area contributed by atoms with Crippen molar-refractivity contribution in [3.05, 3.63) is 69.7 Å². The highest BCUT2D eigenvalue weighted by Gasteiger charge is 2.24. The van der Waals surface area contributed by atoms with E-state index in [2.05, 4.69) is 4.98 Å². The second-order valence-electron chi connectivity index (χ2n) is 7.36. The average molecular weight is 469 g/mol. The molecule has 0 N–H and O–H groups in total. The van der Waals surface area contributed by atoms with Crippen LogP contribution in [0.1, 0.15) is 33.0 Å². The Morgan fingerprint density at radius 1 is 1.22 bits per heavy atom. The number of aryl methyl sites for hydroxylation is 2. The lowest BCUT2D eigenvalue weighted by atomic mass is 10.0. The Kier molecular flexibility index (Phi) is 7.12. The van der Waals surface area contributed by atoms with Gasteiger partial charge in [-0.25, -0.2) is 9.78 Å². The minimum absolute atomic E-state index is 0.229. The van der Waals surface area contributed by atoms with Crippen LogP contribution in [-0.2, 0) is 21.7 Å². The van der Waals surface area contributed by atoms with Crippen molar-refractivity contribution in [3.8, 4) is 5.75 Å². The Bertz CT molecular complexity index is 1130. The number of methoxy groups -OCH3 is 1. The van der Waals surface area contributed by atoms with Crippen LogP contribution in [0.2, 0.25) is 0 Å². The summed E-state index contributed by atoms with van der Waals surface area (Å²) in [6.07, 6.45) is 1.74. The van der Waals surface area contributed by atoms with Gasteiger partial charge in [-0.3, -0.25) is 4.79 Å². The van der Waals surface area contributed by atoms with E-state index in [4.69, 9.17) is 9.47 Å². The van der Waals surface area contributed by atoms with Gasteiger partial charge in [0, 0.05) is 28.3 Å². The number of aromatic nitrogens is 1. The predicted octanol–water partition coefficient (Wildman–Crippen LogP) is 4.89. The van der Waals surface area contributed by atoms with Gasteiger partial charge in [0.1, 0.15) is 5.75 Å². The zero-order valence-electron chi connectivity index (χ0n) is 18.0. The Hall–Kier alpha value is -2.84. The third kappa shape index (κ3) is 5.14. The van der Waals surface area contributed by atoms with Gasteiger partial charge in [0.25, 0.3) is 5.91 Å². The van der Waals surface area contributed by atoms with E-state index in [1.54, 1.807) is 35.5 Å². The van der Waals surface area contributed by atoms with E-state index in [1.165, 1.54) is 11.8 Å². The van der Waals surface area contributed by atoms with Crippen molar-refractivity contribution >= 4 is 40.7 Å². The smallest absolute Gasteiger partial charge is 0.339 e. The molecule has 8 heteroatoms. The molecule has 1 amide bonds. The fraction of sp³-hybridized carbons (Fsp3) is 0.292. The molecule has 0 saturated carbocycles. The Morgan fingerprint density at radius 3 is 2.84 bits per heavy atom. The maximum atomic E-state index is 12.9. The van der Waals surface area contributed by atoms with Gasteiger partial charge in [-0.1, -0.05) is 12.1 Å². The number of hydrogen-bond donors (Lipinski definition) is 0. The van der Waals surface area contributed by atoms with E-state index >= 15 is 0 Å². The highest BCUT2D eigenvalue weighted by molar-refractivity contribution is 7.98. The van der Waals surface area contributed by atoms with Crippen LogP contribution in [0.15, 0.2) is 52.7 Å². The number of carbonyl (C=O) groups is 2. The fourth-order valence-corrected chi connectivity index (χ4v) is 5.28. The first-order valence-electron chi connectivity index (χ1n) is 10.3. The molecule has 6 nitrogen and oxygen atoms in total. The monoisotopic (exact) mass is 468 g/mol. The van der Waals surface area contributed by atoms with Gasteiger partial charge in [0.2, 0.25) is 0 Å². The maximum Gasteiger partial charge on any atom is 0.339 e. The normalized spacial score (nSPS) is 12.9. The SMILES string of the molecule is COc1ccc2c(c1)CCCN2C(=O)COC(=O)c1ccccc1SCc1csc(C)n1. The molecule has 0 radical (unpaired) electrons. The number of benzene rings is 2. The Labute approximate surface area is 195 Å². The molecule has 0 saturated heterocycles. The molecule has 32 heavy (non-hydrogen) atoms. The summed E-state index contributed by atoms with van der Waals surface area (Å²) in [6, 6.07) is 13.0. The fourth-order valence-electron chi connectivity index (χ4n) is 3.63. The van der Waals surface area contributed by atoms with Crippen LogP contribution in [0.25, 0.3) is 0 Å². The standard InChI is InChI=1S/C24H24N2O4S2/c1-16-25-18(14-31-16)15-32-22-8-4-3-7-20(22)24(28)30-13-23(27)26-11-5-6-17-12-19(29-2)9-10-21(17)26/h3-4,7-10,12,14H,5-6,11,13,15H2,1-2H3. The summed E-state index contributed by atoms with van der Waals surface area (Å²) in [5, 5.41) is 3.04. The molecule has 2 heterocycles. The van der Waals surface area contributed by atoms with Crippen molar-refractivity contribution in [2.24, 2.45) is 0 Å². The number of amides is 1. The van der Waals surface area contributed by atoms with Crippen LogP contribution in [0, 0.1) is 6.92 Å². The second-order valence-corrected chi connectivity index (χ2v) is 9.44. The van der Waals surface area contributed by atoms with Gasteiger partial charge in [-0.2, -0.15) is 0 Å². The molecule has 1 aromatic heterocycles. The van der Waals surface area contributed by atoms with Crippen LogP contribution < -0.4 is 9.64 Å². The first-order chi connectivity index (χ1) is 15.5. The Balaban J connectivity index is 1.40. The second kappa shape index (κ2) is 10.2. The van der Waals surface area contributed by atoms with Gasteiger partial charge < -0.3 is 14.4 Å². The summed E-state index contributed by atoms with van der Waals surface area (Å²) in [5.41, 5.74) is 3.36. The molecule has 1 aliphatic heterocycles. The number of thiazole rings is 1. The van der Waals surface area contributed by atoms with E-state index in [0.717, 1.165) is 45.4 Å². The minimum Gasteiger partial charge on any atom is -0.497 e. The highest BCUT2D eigenvalue weighted by Crippen LogP contribution is 2.31. The van der Waals surface area contributed by atoms with Crippen LogP contribution in [0.5, 0.6) is 5.75 Å². The Morgan fingerprint density at radius 2 is 2.06 bits per heavy atom. The number of nitrogens with zero attached hydrogens (tertiary/aromatic N) is 2. The van der Waals surface area contributed by atoms with Crippen molar-refractivity contribution in [2.45, 2.75) is 30.4 Å². The summed E-state index contributed by atoms with van der Waals surface area (Å²) in [6.45, 7) is 2.28. The summed E-state index contributed by atoms with van der Waals surface area (Å²) in [4.78, 5) is 32.6. The molecule has 0 spiro atoms. The van der Waals surface area contributed by atoms with Crippen molar-refractivity contribution in [1.29, 1.82) is 0 Å². The van der Waals surface area contributed by atoms with Crippen molar-refractivity contribution in [1.82, 2.24) is 4.98 Å². The first kappa shape index (κ1) is 22.4. The molecule has 166 valence electrons. The van der Waals surface area contributed by atoms with Crippen LogP contribution in [0.3, 0.4) is 0 Å². The van der Waals surface area contributed by atoms with Gasteiger partial charge in [0.15, 0.2) is 6.61 Å². The number of hydrogen-bond acceptors (Lipinski definition) is 7. The van der Waals surface area contributed by atoms with Crippen LogP contribution in [-0.4, -0.2) is 37.1 Å². The highest BCUT2D eigenvalue weighted by atomic mass is 32.2. The summed E-state index contributed by atoms with van der Waals surface area (Å²) >= 11 is 3.14. The van der Waals surface area contributed by atoms with Gasteiger partial charge in [-0.15, -0.1) is 23.1 Å². The topological polar surface area (TPSA) is 68.7 Å². The number of rotatable bonds is 7. The molecule has 0 atom stereocenters. The molecule has 0 unspecified atom stereocenters. The van der Waals surface area contributed by atoms with Gasteiger partial charge in [0.05, 0.1) is 23.4 Å². The zero-order valence-corrected chi connectivity index (χ0v) is 19.6. The average Bonchev–Trinajstić information content (AvgIpc) is 3.25. The molecule has 1 aliphatic rings. The van der Waals surface area contributed by atoms with E-state index in [9.17, 15) is 9.59 Å². The van der Waals surface area contributed by atoms with E-state index in [1.807, 2.05) is 42.6 Å². The predicted molar refractivity (Wildman–Crippen MR) is 127 cm³/mol. The van der Waals surface area contributed by atoms with Crippen molar-refractivity contribution < 1.29 is 19.1 Å². The number of esters is 1.